The van der Waals surface area contributed by atoms with Crippen LogP contribution >= 0.6 is 0 Å². The summed E-state index contributed by atoms with van der Waals surface area (Å²) in [5, 5.41) is 20.3. The number of rotatable bonds is 4. The third-order valence-electron chi connectivity index (χ3n) is 6.09. The van der Waals surface area contributed by atoms with Gasteiger partial charge in [0.15, 0.2) is 5.65 Å². The van der Waals surface area contributed by atoms with Crippen LogP contribution in [0, 0.1) is 0 Å². The SMILES string of the molecule is CC1CN(c2nc(N3CCOCC3)c3ccc(-c4ccc(O)c(CO)c4)nc3n2)CC(C)O1. The number of aliphatic hydroxyl groups is 1. The lowest BCUT2D eigenvalue weighted by molar-refractivity contribution is -0.00570. The lowest BCUT2D eigenvalue weighted by Crippen LogP contribution is -2.46. The lowest BCUT2D eigenvalue weighted by atomic mass is 10.1. The van der Waals surface area contributed by atoms with Crippen LogP contribution in [0.2, 0.25) is 0 Å². The van der Waals surface area contributed by atoms with Crippen LogP contribution in [0.1, 0.15) is 19.4 Å². The zero-order chi connectivity index (χ0) is 22.9. The van der Waals surface area contributed by atoms with Gasteiger partial charge in [0.25, 0.3) is 0 Å². The molecule has 2 N–H and O–H groups in total. The molecule has 2 saturated heterocycles. The number of aromatic hydroxyl groups is 1. The van der Waals surface area contributed by atoms with Crippen molar-refractivity contribution in [3.8, 4) is 17.0 Å². The Hall–Kier alpha value is -3.01. The van der Waals surface area contributed by atoms with E-state index in [1.54, 1.807) is 18.2 Å². The highest BCUT2D eigenvalue weighted by molar-refractivity contribution is 5.90. The normalized spacial score (nSPS) is 21.5. The third-order valence-corrected chi connectivity index (χ3v) is 6.09. The van der Waals surface area contributed by atoms with E-state index < -0.39 is 0 Å². The summed E-state index contributed by atoms with van der Waals surface area (Å²) >= 11 is 0. The van der Waals surface area contributed by atoms with Crippen molar-refractivity contribution in [2.45, 2.75) is 32.7 Å². The van der Waals surface area contributed by atoms with E-state index >= 15 is 0 Å². The molecule has 4 heterocycles. The Morgan fingerprint density at radius 1 is 0.970 bits per heavy atom. The third kappa shape index (κ3) is 4.44. The van der Waals surface area contributed by atoms with Crippen LogP contribution < -0.4 is 9.80 Å². The summed E-state index contributed by atoms with van der Waals surface area (Å²) in [6.07, 6.45) is 0.182. The van der Waals surface area contributed by atoms with E-state index in [1.165, 1.54) is 0 Å². The summed E-state index contributed by atoms with van der Waals surface area (Å²) in [6, 6.07) is 9.05. The largest absolute Gasteiger partial charge is 0.508 e. The minimum Gasteiger partial charge on any atom is -0.508 e. The van der Waals surface area contributed by atoms with Crippen LogP contribution in [-0.4, -0.2) is 76.8 Å². The van der Waals surface area contributed by atoms with Crippen molar-refractivity contribution < 1.29 is 19.7 Å². The van der Waals surface area contributed by atoms with E-state index in [1.807, 2.05) is 12.1 Å². The van der Waals surface area contributed by atoms with Crippen molar-refractivity contribution in [2.24, 2.45) is 0 Å². The van der Waals surface area contributed by atoms with Gasteiger partial charge in [0.2, 0.25) is 5.95 Å². The standard InChI is InChI=1S/C24H29N5O4/c1-15-12-29(13-16(2)33-15)24-26-22-19(23(27-24)28-7-9-32-10-8-28)4-5-20(25-22)17-3-6-21(31)18(11-17)14-30/h3-6,11,15-16,30-31H,7-10,12-14H2,1-2H3. The molecule has 0 radical (unpaired) electrons. The first-order chi connectivity index (χ1) is 16.0. The number of benzene rings is 1. The number of hydrogen-bond donors (Lipinski definition) is 2. The number of pyridine rings is 1. The van der Waals surface area contributed by atoms with Gasteiger partial charge in [0.05, 0.1) is 43.1 Å². The van der Waals surface area contributed by atoms with Gasteiger partial charge in [-0.1, -0.05) is 0 Å². The van der Waals surface area contributed by atoms with Crippen LogP contribution in [0.4, 0.5) is 11.8 Å². The summed E-state index contributed by atoms with van der Waals surface area (Å²) in [5.74, 6) is 1.58. The molecule has 2 aromatic heterocycles. The fraction of sp³-hybridized carbons (Fsp3) is 0.458. The van der Waals surface area contributed by atoms with E-state index in [-0.39, 0.29) is 24.6 Å². The quantitative estimate of drug-likeness (QED) is 0.618. The highest BCUT2D eigenvalue weighted by Gasteiger charge is 2.26. The van der Waals surface area contributed by atoms with Gasteiger partial charge in [-0.15, -0.1) is 0 Å². The van der Waals surface area contributed by atoms with Crippen LogP contribution in [0.25, 0.3) is 22.3 Å². The Balaban J connectivity index is 1.61. The van der Waals surface area contributed by atoms with Gasteiger partial charge >= 0.3 is 0 Å². The van der Waals surface area contributed by atoms with E-state index in [0.29, 0.717) is 30.4 Å². The molecule has 2 unspecified atom stereocenters. The van der Waals surface area contributed by atoms with Gasteiger partial charge in [0, 0.05) is 37.3 Å². The molecule has 2 aliphatic heterocycles. The van der Waals surface area contributed by atoms with Crippen molar-refractivity contribution in [3.63, 3.8) is 0 Å². The molecule has 0 bridgehead atoms. The molecule has 0 aliphatic carbocycles. The van der Waals surface area contributed by atoms with Crippen molar-refractivity contribution >= 4 is 22.8 Å². The first-order valence-electron chi connectivity index (χ1n) is 11.4. The Morgan fingerprint density at radius 2 is 1.73 bits per heavy atom. The van der Waals surface area contributed by atoms with Gasteiger partial charge < -0.3 is 29.5 Å². The first kappa shape index (κ1) is 21.8. The monoisotopic (exact) mass is 451 g/mol. The zero-order valence-corrected chi connectivity index (χ0v) is 18.9. The van der Waals surface area contributed by atoms with Gasteiger partial charge in [-0.2, -0.15) is 9.97 Å². The second-order valence-electron chi connectivity index (χ2n) is 8.68. The number of morpholine rings is 2. The van der Waals surface area contributed by atoms with Crippen LogP contribution in [0.5, 0.6) is 5.75 Å². The summed E-state index contributed by atoms with van der Waals surface area (Å²) in [5.41, 5.74) is 2.60. The second-order valence-corrected chi connectivity index (χ2v) is 8.68. The fourth-order valence-corrected chi connectivity index (χ4v) is 4.51. The number of ether oxygens (including phenoxy) is 2. The van der Waals surface area contributed by atoms with E-state index in [2.05, 4.69) is 23.6 Å². The van der Waals surface area contributed by atoms with Gasteiger partial charge in [-0.3, -0.25) is 0 Å². The maximum absolute atomic E-state index is 9.93. The molecule has 0 saturated carbocycles. The van der Waals surface area contributed by atoms with Crippen LogP contribution in [0.3, 0.4) is 0 Å². The molecule has 5 rings (SSSR count). The predicted molar refractivity (Wildman–Crippen MR) is 126 cm³/mol. The predicted octanol–water partition coefficient (Wildman–Crippen LogP) is 2.34. The average molecular weight is 452 g/mol. The Kier molecular flexibility index (Phi) is 6.01. The number of fused-ring (bicyclic) bond motifs is 1. The molecular formula is C24H29N5O4. The van der Waals surface area contributed by atoms with Gasteiger partial charge in [0.1, 0.15) is 11.6 Å². The van der Waals surface area contributed by atoms with Crippen LogP contribution in [0.15, 0.2) is 30.3 Å². The van der Waals surface area contributed by atoms with E-state index in [9.17, 15) is 10.2 Å². The van der Waals surface area contributed by atoms with Crippen molar-refractivity contribution in [1.29, 1.82) is 0 Å². The topological polar surface area (TPSA) is 104 Å². The Bertz CT molecular complexity index is 1140. The highest BCUT2D eigenvalue weighted by atomic mass is 16.5. The minimum absolute atomic E-state index is 0.0665. The minimum atomic E-state index is -0.242. The Morgan fingerprint density at radius 3 is 2.45 bits per heavy atom. The molecule has 0 spiro atoms. The summed E-state index contributed by atoms with van der Waals surface area (Å²) in [4.78, 5) is 19.1. The number of aromatic nitrogens is 3. The number of nitrogens with zero attached hydrogens (tertiary/aromatic N) is 5. The maximum atomic E-state index is 9.93. The molecule has 2 atom stereocenters. The lowest BCUT2D eigenvalue weighted by Gasteiger charge is -2.36. The highest BCUT2D eigenvalue weighted by Crippen LogP contribution is 2.31. The number of hydrogen-bond acceptors (Lipinski definition) is 9. The average Bonchev–Trinajstić information content (AvgIpc) is 2.83. The summed E-state index contributed by atoms with van der Waals surface area (Å²) in [6.45, 7) is 8.17. The molecule has 9 nitrogen and oxygen atoms in total. The molecule has 3 aromatic rings. The number of anilines is 2. The van der Waals surface area contributed by atoms with E-state index in [0.717, 1.165) is 48.6 Å². The van der Waals surface area contributed by atoms with Crippen LogP contribution in [-0.2, 0) is 16.1 Å². The molecule has 1 aromatic carbocycles. The Labute approximate surface area is 192 Å². The molecule has 2 fully saturated rings. The number of aliphatic hydroxyl groups excluding tert-OH is 1. The number of phenols is 1. The van der Waals surface area contributed by atoms with Crippen molar-refractivity contribution in [3.05, 3.63) is 35.9 Å². The van der Waals surface area contributed by atoms with Gasteiger partial charge in [-0.25, -0.2) is 4.98 Å². The first-order valence-corrected chi connectivity index (χ1v) is 11.4. The summed E-state index contributed by atoms with van der Waals surface area (Å²) < 4.78 is 11.4. The fourth-order valence-electron chi connectivity index (χ4n) is 4.51. The molecule has 9 heteroatoms. The van der Waals surface area contributed by atoms with E-state index in [4.69, 9.17) is 24.4 Å². The molecule has 33 heavy (non-hydrogen) atoms. The second kappa shape index (κ2) is 9.09. The molecule has 2 aliphatic rings. The van der Waals surface area contributed by atoms with Crippen molar-refractivity contribution in [2.75, 3.05) is 49.2 Å². The smallest absolute Gasteiger partial charge is 0.229 e. The molecular weight excluding hydrogens is 422 g/mol. The zero-order valence-electron chi connectivity index (χ0n) is 18.9. The molecule has 0 amide bonds. The van der Waals surface area contributed by atoms with Crippen molar-refractivity contribution in [1.82, 2.24) is 15.0 Å². The van der Waals surface area contributed by atoms with Gasteiger partial charge in [-0.05, 0) is 44.2 Å². The maximum Gasteiger partial charge on any atom is 0.229 e. The summed E-state index contributed by atoms with van der Waals surface area (Å²) in [7, 11) is 0. The molecule has 174 valence electrons.